The number of urea groups is 1. The largest absolute Gasteiger partial charge is 0.497 e. The Kier molecular flexibility index (Phi) is 4.38. The first-order valence-corrected chi connectivity index (χ1v) is 7.63. The van der Waals surface area contributed by atoms with Crippen LogP contribution in [0.25, 0.3) is 0 Å². The van der Waals surface area contributed by atoms with E-state index in [0.29, 0.717) is 22.6 Å². The lowest BCUT2D eigenvalue weighted by Crippen LogP contribution is -2.25. The van der Waals surface area contributed by atoms with Crippen molar-refractivity contribution in [2.75, 3.05) is 19.5 Å². The minimum Gasteiger partial charge on any atom is -0.497 e. The molecule has 1 fully saturated rings. The Bertz CT molecular complexity index is 850. The lowest BCUT2D eigenvalue weighted by atomic mass is 10.1. The number of hydrogen-bond acceptors (Lipinski definition) is 4. The van der Waals surface area contributed by atoms with Gasteiger partial charge in [-0.3, -0.25) is 14.5 Å². The van der Waals surface area contributed by atoms with Crippen molar-refractivity contribution >= 4 is 23.5 Å². The summed E-state index contributed by atoms with van der Waals surface area (Å²) in [5, 5.41) is 5.38. The number of carbonyl (C=O) groups is 3. The standard InChI is InChI=1S/C18H17N3O4/c1-21-17(23)15(20-18(21)24)11-5-3-7-13(9-11)19-16(22)12-6-4-8-14(10-12)25-2/h3-10,15H,1-2H3,(H,19,22)(H,20,24). The first kappa shape index (κ1) is 16.5. The number of likely N-dealkylation sites (N-methyl/N-ethyl adjacent to an activating group) is 1. The maximum atomic E-state index is 12.4. The third-order valence-electron chi connectivity index (χ3n) is 3.96. The second-order valence-corrected chi connectivity index (χ2v) is 5.59. The molecule has 7 heteroatoms. The summed E-state index contributed by atoms with van der Waals surface area (Å²) in [5.74, 6) is -0.0417. The third-order valence-corrected chi connectivity index (χ3v) is 3.96. The normalized spacial score (nSPS) is 16.6. The Balaban J connectivity index is 1.79. The van der Waals surface area contributed by atoms with Crippen molar-refractivity contribution in [2.24, 2.45) is 0 Å². The van der Waals surface area contributed by atoms with E-state index >= 15 is 0 Å². The molecule has 3 rings (SSSR count). The molecule has 1 saturated heterocycles. The van der Waals surface area contributed by atoms with Gasteiger partial charge in [-0.15, -0.1) is 0 Å². The predicted octanol–water partition coefficient (Wildman–Crippen LogP) is 2.17. The Morgan fingerprint density at radius 3 is 2.60 bits per heavy atom. The molecule has 7 nitrogen and oxygen atoms in total. The zero-order valence-electron chi connectivity index (χ0n) is 13.8. The molecule has 0 saturated carbocycles. The quantitative estimate of drug-likeness (QED) is 0.836. The lowest BCUT2D eigenvalue weighted by Gasteiger charge is -2.11. The molecule has 4 amide bonds. The van der Waals surface area contributed by atoms with Gasteiger partial charge in [0.2, 0.25) is 0 Å². The van der Waals surface area contributed by atoms with Crippen molar-refractivity contribution < 1.29 is 19.1 Å². The first-order chi connectivity index (χ1) is 12.0. The number of nitrogens with zero attached hydrogens (tertiary/aromatic N) is 1. The lowest BCUT2D eigenvalue weighted by molar-refractivity contribution is -0.126. The van der Waals surface area contributed by atoms with Crippen molar-refractivity contribution in [1.82, 2.24) is 10.2 Å². The number of nitrogens with one attached hydrogen (secondary N) is 2. The molecule has 1 aliphatic rings. The highest BCUT2D eigenvalue weighted by Gasteiger charge is 2.36. The zero-order valence-corrected chi connectivity index (χ0v) is 13.8. The average Bonchev–Trinajstić information content (AvgIpc) is 2.89. The van der Waals surface area contributed by atoms with Crippen molar-refractivity contribution in [3.63, 3.8) is 0 Å². The van der Waals surface area contributed by atoms with Crippen LogP contribution >= 0.6 is 0 Å². The molecule has 2 N–H and O–H groups in total. The zero-order chi connectivity index (χ0) is 18.0. The van der Waals surface area contributed by atoms with Crippen LogP contribution in [0.5, 0.6) is 5.75 Å². The monoisotopic (exact) mass is 339 g/mol. The summed E-state index contributed by atoms with van der Waals surface area (Å²) in [6, 6.07) is 12.4. The van der Waals surface area contributed by atoms with Gasteiger partial charge in [0.15, 0.2) is 0 Å². The van der Waals surface area contributed by atoms with E-state index in [-0.39, 0.29) is 11.8 Å². The summed E-state index contributed by atoms with van der Waals surface area (Å²) >= 11 is 0. The SMILES string of the molecule is COc1cccc(C(=O)Nc2cccc(C3NC(=O)N(C)C3=O)c2)c1. The maximum Gasteiger partial charge on any atom is 0.324 e. The van der Waals surface area contributed by atoms with Crippen molar-refractivity contribution in [3.8, 4) is 5.75 Å². The number of imide groups is 1. The van der Waals surface area contributed by atoms with Crippen LogP contribution in [0.15, 0.2) is 48.5 Å². The summed E-state index contributed by atoms with van der Waals surface area (Å²) in [6.07, 6.45) is 0. The van der Waals surface area contributed by atoms with Gasteiger partial charge in [-0.05, 0) is 35.9 Å². The molecular weight excluding hydrogens is 322 g/mol. The maximum absolute atomic E-state index is 12.4. The van der Waals surface area contributed by atoms with Crippen LogP contribution in [0.3, 0.4) is 0 Å². The molecule has 0 aliphatic carbocycles. The predicted molar refractivity (Wildman–Crippen MR) is 91.4 cm³/mol. The number of benzene rings is 2. The number of rotatable bonds is 4. The molecule has 1 heterocycles. The molecule has 2 aromatic rings. The van der Waals surface area contributed by atoms with E-state index in [1.54, 1.807) is 48.5 Å². The highest BCUT2D eigenvalue weighted by atomic mass is 16.5. The van der Waals surface area contributed by atoms with Gasteiger partial charge in [0.1, 0.15) is 11.8 Å². The van der Waals surface area contributed by atoms with Crippen LogP contribution in [0, 0.1) is 0 Å². The summed E-state index contributed by atoms with van der Waals surface area (Å²) in [5.41, 5.74) is 1.59. The topological polar surface area (TPSA) is 87.7 Å². The minimum absolute atomic E-state index is 0.296. The van der Waals surface area contributed by atoms with Gasteiger partial charge in [0.25, 0.3) is 11.8 Å². The number of carbonyl (C=O) groups excluding carboxylic acids is 3. The first-order valence-electron chi connectivity index (χ1n) is 7.63. The number of anilines is 1. The minimum atomic E-state index is -0.744. The van der Waals surface area contributed by atoms with Crippen LogP contribution in [0.1, 0.15) is 22.0 Å². The number of amides is 4. The fourth-order valence-electron chi connectivity index (χ4n) is 2.57. The molecule has 0 aromatic heterocycles. The van der Waals surface area contributed by atoms with Gasteiger partial charge in [0.05, 0.1) is 7.11 Å². The second kappa shape index (κ2) is 6.64. The van der Waals surface area contributed by atoms with E-state index in [1.807, 2.05) is 0 Å². The van der Waals surface area contributed by atoms with Gasteiger partial charge in [-0.2, -0.15) is 0 Å². The van der Waals surface area contributed by atoms with E-state index in [9.17, 15) is 14.4 Å². The molecule has 0 bridgehead atoms. The molecule has 1 atom stereocenters. The molecule has 2 aromatic carbocycles. The Morgan fingerprint density at radius 1 is 1.16 bits per heavy atom. The van der Waals surface area contributed by atoms with Gasteiger partial charge in [-0.1, -0.05) is 18.2 Å². The fraction of sp³-hybridized carbons (Fsp3) is 0.167. The number of hydrogen-bond donors (Lipinski definition) is 2. The Morgan fingerprint density at radius 2 is 1.92 bits per heavy atom. The van der Waals surface area contributed by atoms with Crippen molar-refractivity contribution in [1.29, 1.82) is 0 Å². The summed E-state index contributed by atoms with van der Waals surface area (Å²) in [4.78, 5) is 37.1. The van der Waals surface area contributed by atoms with E-state index in [2.05, 4.69) is 10.6 Å². The number of ether oxygens (including phenoxy) is 1. The highest BCUT2D eigenvalue weighted by molar-refractivity contribution is 6.06. The Hall–Kier alpha value is -3.35. The highest BCUT2D eigenvalue weighted by Crippen LogP contribution is 2.24. The number of methoxy groups -OCH3 is 1. The van der Waals surface area contributed by atoms with Crippen LogP contribution in [-0.4, -0.2) is 36.9 Å². The van der Waals surface area contributed by atoms with Gasteiger partial charge < -0.3 is 15.4 Å². The average molecular weight is 339 g/mol. The molecule has 25 heavy (non-hydrogen) atoms. The van der Waals surface area contributed by atoms with E-state index in [0.717, 1.165) is 4.90 Å². The molecule has 128 valence electrons. The third kappa shape index (κ3) is 3.30. The second-order valence-electron chi connectivity index (χ2n) is 5.59. The van der Waals surface area contributed by atoms with Crippen LogP contribution in [-0.2, 0) is 4.79 Å². The molecular formula is C18H17N3O4. The van der Waals surface area contributed by atoms with E-state index in [4.69, 9.17) is 4.74 Å². The van der Waals surface area contributed by atoms with Gasteiger partial charge in [-0.25, -0.2) is 4.79 Å². The van der Waals surface area contributed by atoms with E-state index in [1.165, 1.54) is 14.2 Å². The van der Waals surface area contributed by atoms with Crippen LogP contribution in [0.2, 0.25) is 0 Å². The summed E-state index contributed by atoms with van der Waals surface area (Å²) < 4.78 is 5.11. The molecule has 0 spiro atoms. The fourth-order valence-corrected chi connectivity index (χ4v) is 2.57. The molecule has 1 aliphatic heterocycles. The van der Waals surface area contributed by atoms with Crippen molar-refractivity contribution in [3.05, 3.63) is 59.7 Å². The van der Waals surface area contributed by atoms with E-state index < -0.39 is 12.1 Å². The van der Waals surface area contributed by atoms with Gasteiger partial charge in [0, 0.05) is 18.3 Å². The smallest absolute Gasteiger partial charge is 0.324 e. The van der Waals surface area contributed by atoms with Crippen LogP contribution in [0.4, 0.5) is 10.5 Å². The molecule has 1 unspecified atom stereocenters. The summed E-state index contributed by atoms with van der Waals surface area (Å²) in [6.45, 7) is 0. The van der Waals surface area contributed by atoms with Crippen LogP contribution < -0.4 is 15.4 Å². The van der Waals surface area contributed by atoms with Gasteiger partial charge >= 0.3 is 6.03 Å². The summed E-state index contributed by atoms with van der Waals surface area (Å²) in [7, 11) is 2.95. The van der Waals surface area contributed by atoms with Crippen molar-refractivity contribution in [2.45, 2.75) is 6.04 Å². The Labute approximate surface area is 144 Å². The molecule has 0 radical (unpaired) electrons.